The van der Waals surface area contributed by atoms with E-state index >= 15 is 0 Å². The number of carboxylic acid groups (broad SMARTS) is 3. The molecule has 6 N–H and O–H groups in total. The monoisotopic (exact) mass is 926 g/mol. The second kappa shape index (κ2) is 19.3. The minimum Gasteiger partial charge on any atom is -0.507 e. The molecule has 2 aliphatic heterocycles. The van der Waals surface area contributed by atoms with Gasteiger partial charge in [0.25, 0.3) is 5.91 Å². The Labute approximate surface area is 392 Å². The summed E-state index contributed by atoms with van der Waals surface area (Å²) >= 11 is 0. The molecule has 2 amide bonds. The summed E-state index contributed by atoms with van der Waals surface area (Å²) in [6, 6.07) is 26.1. The van der Waals surface area contributed by atoms with Gasteiger partial charge in [-0.1, -0.05) is 30.4 Å². The fourth-order valence-electron chi connectivity index (χ4n) is 8.09. The van der Waals surface area contributed by atoms with E-state index in [1.165, 1.54) is 66.8 Å². The van der Waals surface area contributed by atoms with Crippen molar-refractivity contribution in [3.8, 4) is 50.7 Å². The lowest BCUT2D eigenvalue weighted by atomic mass is 9.89. The Balaban J connectivity index is 0.983. The Hall–Kier alpha value is -9.31. The summed E-state index contributed by atoms with van der Waals surface area (Å²) in [5.41, 5.74) is 3.11. The number of phenols is 1. The maximum Gasteiger partial charge on any atom is 0.336 e. The minimum absolute atomic E-state index is 0.0269. The van der Waals surface area contributed by atoms with Crippen molar-refractivity contribution in [2.75, 3.05) is 32.1 Å². The molecule has 8 rings (SSSR count). The average Bonchev–Trinajstić information content (AvgIpc) is 3.32. The van der Waals surface area contributed by atoms with Gasteiger partial charge in [-0.25, -0.2) is 14.4 Å². The van der Waals surface area contributed by atoms with Crippen LogP contribution in [0, 0.1) is 0 Å². The third-order valence-electron chi connectivity index (χ3n) is 11.3. The molecule has 0 saturated carbocycles. The van der Waals surface area contributed by atoms with Gasteiger partial charge in [0.2, 0.25) is 5.91 Å². The lowest BCUT2D eigenvalue weighted by molar-refractivity contribution is -0.116. The van der Waals surface area contributed by atoms with Crippen LogP contribution in [-0.2, 0) is 11.3 Å². The molecule has 0 spiro atoms. The highest BCUT2D eigenvalue weighted by molar-refractivity contribution is 6.11. The Morgan fingerprint density at radius 1 is 0.667 bits per heavy atom. The Bertz CT molecular complexity index is 3550. The Morgan fingerprint density at radius 2 is 1.30 bits per heavy atom. The predicted octanol–water partition coefficient (Wildman–Crippen LogP) is 8.03. The number of carbonyl (C=O) groups excluding carboxylic acids is 2. The third kappa shape index (κ3) is 9.40. The number of allylic oxidation sites excluding steroid dienone is 2. The van der Waals surface area contributed by atoms with Crippen molar-refractivity contribution in [1.29, 1.82) is 0 Å². The van der Waals surface area contributed by atoms with Gasteiger partial charge in [-0.2, -0.15) is 0 Å². The molecule has 16 heteroatoms. The quantitative estimate of drug-likeness (QED) is 0.0344. The molecular weight excluding hydrogens is 885 g/mol. The van der Waals surface area contributed by atoms with Gasteiger partial charge in [-0.15, -0.1) is 0 Å². The van der Waals surface area contributed by atoms with Crippen LogP contribution in [0.5, 0.6) is 5.75 Å². The molecule has 346 valence electrons. The molecule has 2 heterocycles. The van der Waals surface area contributed by atoms with Gasteiger partial charge >= 0.3 is 17.9 Å². The molecule has 0 unspecified atom stereocenters. The number of carboxylic acids is 3. The molecule has 0 fully saturated rings. The molecule has 0 bridgehead atoms. The van der Waals surface area contributed by atoms with E-state index < -0.39 is 35.2 Å². The summed E-state index contributed by atoms with van der Waals surface area (Å²) in [4.78, 5) is 82.0. The molecule has 0 radical (unpaired) electrons. The maximum absolute atomic E-state index is 13.3. The maximum atomic E-state index is 13.3. The normalized spacial score (nSPS) is 11.8. The number of benzene rings is 6. The number of phenolic OH excluding ortho intramolecular Hbond substituents is 1. The van der Waals surface area contributed by atoms with E-state index in [0.717, 1.165) is 11.8 Å². The molecular formula is C53H42N4O12. The van der Waals surface area contributed by atoms with Crippen LogP contribution < -0.4 is 26.3 Å². The zero-order valence-corrected chi connectivity index (χ0v) is 37.2. The number of rotatable bonds is 14. The summed E-state index contributed by atoms with van der Waals surface area (Å²) in [5, 5.41) is 48.1. The average molecular weight is 927 g/mol. The zero-order chi connectivity index (χ0) is 49.1. The zero-order valence-electron chi connectivity index (χ0n) is 37.2. The number of amides is 2. The molecule has 16 nitrogen and oxygen atoms in total. The van der Waals surface area contributed by atoms with Crippen molar-refractivity contribution in [1.82, 2.24) is 10.6 Å². The van der Waals surface area contributed by atoms with Crippen LogP contribution in [0.1, 0.15) is 53.9 Å². The second-order valence-corrected chi connectivity index (χ2v) is 15.9. The van der Waals surface area contributed by atoms with E-state index in [-0.39, 0.29) is 63.6 Å². The van der Waals surface area contributed by atoms with E-state index in [2.05, 4.69) is 15.6 Å². The Kier molecular flexibility index (Phi) is 12.9. The van der Waals surface area contributed by atoms with Gasteiger partial charge in [0.05, 0.1) is 34.2 Å². The smallest absolute Gasteiger partial charge is 0.336 e. The number of hydrogen-bond donors (Lipinski definition) is 6. The summed E-state index contributed by atoms with van der Waals surface area (Å²) in [5.74, 6) is -4.76. The lowest BCUT2D eigenvalue weighted by Gasteiger charge is -2.19. The van der Waals surface area contributed by atoms with Crippen LogP contribution in [0.25, 0.3) is 66.8 Å². The standard InChI is InChI=1S/C53H42N4O12/c1-4-54-30-11-16-35-43(24-30)68-44-25-31(57(2)3)12-17-36(44)47(35)33-14-9-28(22-39(33)52(64)65)50(61)55-21-7-5-6-8-46(60)56-27-41-42(59)20-19-38-48(37-18-13-32(58)26-45(37)69-49(38)41)34-15-10-29(51(62)63)23-40(34)53(66)67/h5-20,22-26,59H,4,21,27H2,1-3H3,(H,55,61)(H,56,60)(H,62,63)(H,64,65)(H,66,67)/b7-5+,8-6+,54-30?. The second-order valence-electron chi connectivity index (χ2n) is 15.9. The number of nitrogens with one attached hydrogen (secondary N) is 2. The van der Waals surface area contributed by atoms with Crippen molar-refractivity contribution < 1.29 is 53.2 Å². The number of aromatic carboxylic acids is 3. The minimum atomic E-state index is -1.40. The fourth-order valence-corrected chi connectivity index (χ4v) is 8.09. The highest BCUT2D eigenvalue weighted by Gasteiger charge is 2.26. The van der Waals surface area contributed by atoms with E-state index in [4.69, 9.17) is 8.83 Å². The van der Waals surface area contributed by atoms with Gasteiger partial charge in [0.15, 0.2) is 5.43 Å². The molecule has 0 saturated heterocycles. The molecule has 4 aliphatic rings. The molecule has 4 aromatic rings. The van der Waals surface area contributed by atoms with Crippen molar-refractivity contribution >= 4 is 57.3 Å². The summed E-state index contributed by atoms with van der Waals surface area (Å²) in [6.07, 6.45) is 5.71. The van der Waals surface area contributed by atoms with Gasteiger partial charge in [-0.05, 0) is 90.8 Å². The van der Waals surface area contributed by atoms with E-state index in [1.54, 1.807) is 18.2 Å². The molecule has 4 aromatic carbocycles. The molecule has 0 atom stereocenters. The molecule has 69 heavy (non-hydrogen) atoms. The number of nitrogens with zero attached hydrogens (tertiary/aromatic N) is 2. The largest absolute Gasteiger partial charge is 0.507 e. The fraction of sp³-hybridized carbons (Fsp3) is 0.113. The highest BCUT2D eigenvalue weighted by Crippen LogP contribution is 2.45. The van der Waals surface area contributed by atoms with Gasteiger partial charge < -0.3 is 44.8 Å². The van der Waals surface area contributed by atoms with Gasteiger partial charge in [-0.3, -0.25) is 19.4 Å². The first kappa shape index (κ1) is 46.2. The van der Waals surface area contributed by atoms with Crippen molar-refractivity contribution in [3.63, 3.8) is 0 Å². The van der Waals surface area contributed by atoms with Gasteiger partial charge in [0.1, 0.15) is 28.4 Å². The van der Waals surface area contributed by atoms with Gasteiger partial charge in [0, 0.05) is 95.7 Å². The number of hydrogen-bond acceptors (Lipinski definition) is 11. The number of anilines is 1. The first-order valence-electron chi connectivity index (χ1n) is 21.4. The van der Waals surface area contributed by atoms with Crippen molar-refractivity contribution in [3.05, 3.63) is 171 Å². The van der Waals surface area contributed by atoms with Crippen LogP contribution in [0.15, 0.2) is 146 Å². The summed E-state index contributed by atoms with van der Waals surface area (Å²) < 4.78 is 12.5. The number of carbonyl (C=O) groups is 5. The van der Waals surface area contributed by atoms with Crippen molar-refractivity contribution in [2.45, 2.75) is 13.5 Å². The van der Waals surface area contributed by atoms with E-state index in [0.29, 0.717) is 61.8 Å². The van der Waals surface area contributed by atoms with Crippen LogP contribution in [-0.4, -0.2) is 77.3 Å². The number of aromatic hydroxyl groups is 1. The first-order valence-corrected chi connectivity index (χ1v) is 21.4. The first-order chi connectivity index (χ1) is 33.1. The lowest BCUT2D eigenvalue weighted by Crippen LogP contribution is -2.23. The van der Waals surface area contributed by atoms with Crippen LogP contribution >= 0.6 is 0 Å². The molecule has 2 aliphatic carbocycles. The SMILES string of the molecule is CCN=c1ccc2c(-c3ccc(C(=O)NC/C=C/C=C/C(=O)NCc4c(O)ccc5c(-c6ccc(C(=O)O)cc6C(=O)O)c6ccc(=O)cc-6oc45)cc3C(=O)O)c3ccc(N(C)C)cc3oc-2c1. The summed E-state index contributed by atoms with van der Waals surface area (Å²) in [6.45, 7) is 2.26. The van der Waals surface area contributed by atoms with Crippen LogP contribution in [0.2, 0.25) is 0 Å². The highest BCUT2D eigenvalue weighted by atomic mass is 16.4. The van der Waals surface area contributed by atoms with E-state index in [1.807, 2.05) is 62.3 Å². The van der Waals surface area contributed by atoms with Crippen LogP contribution in [0.4, 0.5) is 5.69 Å². The Morgan fingerprint density at radius 3 is 1.99 bits per heavy atom. The topological polar surface area (TPSA) is 249 Å². The van der Waals surface area contributed by atoms with E-state index in [9.17, 15) is 49.2 Å². The predicted molar refractivity (Wildman–Crippen MR) is 258 cm³/mol. The molecule has 0 aromatic heterocycles. The van der Waals surface area contributed by atoms with Crippen LogP contribution in [0.3, 0.4) is 0 Å². The van der Waals surface area contributed by atoms with Crippen molar-refractivity contribution in [2.24, 2.45) is 4.99 Å². The third-order valence-corrected chi connectivity index (χ3v) is 11.3. The number of fused-ring (bicyclic) bond motifs is 4. The summed E-state index contributed by atoms with van der Waals surface area (Å²) in [7, 11) is 3.81.